The van der Waals surface area contributed by atoms with Crippen LogP contribution in [0.3, 0.4) is 0 Å². The van der Waals surface area contributed by atoms with Gasteiger partial charge >= 0.3 is 0 Å². The van der Waals surface area contributed by atoms with Crippen LogP contribution in [0.2, 0.25) is 0 Å². The molecule has 0 saturated carbocycles. The summed E-state index contributed by atoms with van der Waals surface area (Å²) in [7, 11) is 1.66. The maximum absolute atomic E-state index is 11.7. The maximum Gasteiger partial charge on any atom is 0.118 e. The Bertz CT molecular complexity index is 671. The van der Waals surface area contributed by atoms with E-state index in [2.05, 4.69) is 32.6 Å². The van der Waals surface area contributed by atoms with Crippen molar-refractivity contribution >= 4 is 0 Å². The third kappa shape index (κ3) is 6.35. The second-order valence-corrected chi connectivity index (χ2v) is 8.61. The van der Waals surface area contributed by atoms with Gasteiger partial charge in [-0.25, -0.2) is 0 Å². The Hall–Kier alpha value is -1.84. The summed E-state index contributed by atoms with van der Waals surface area (Å²) >= 11 is 0. The number of hydrogen-bond acceptors (Lipinski definition) is 3. The number of benzene rings is 2. The molecule has 1 atom stereocenters. The second-order valence-electron chi connectivity index (χ2n) is 8.61. The van der Waals surface area contributed by atoms with Crippen LogP contribution in [0.1, 0.15) is 51.7 Å². The smallest absolute Gasteiger partial charge is 0.118 e. The first-order chi connectivity index (χ1) is 13.3. The molecule has 0 radical (unpaired) electrons. The van der Waals surface area contributed by atoms with Crippen LogP contribution in [-0.4, -0.2) is 36.8 Å². The molecule has 0 fully saturated rings. The molecule has 0 bridgehead atoms. The second kappa shape index (κ2) is 10.6. The molecule has 0 saturated heterocycles. The lowest BCUT2D eigenvalue weighted by atomic mass is 9.82. The van der Waals surface area contributed by atoms with Crippen molar-refractivity contribution in [2.24, 2.45) is 11.8 Å². The molecule has 1 unspecified atom stereocenters. The van der Waals surface area contributed by atoms with Crippen molar-refractivity contribution in [2.75, 3.05) is 26.7 Å². The van der Waals surface area contributed by atoms with E-state index >= 15 is 0 Å². The largest absolute Gasteiger partial charge is 0.497 e. The van der Waals surface area contributed by atoms with E-state index in [4.69, 9.17) is 4.74 Å². The van der Waals surface area contributed by atoms with Gasteiger partial charge in [0.25, 0.3) is 0 Å². The first-order valence-electron chi connectivity index (χ1n) is 10.5. The molecular weight excluding hydrogens is 346 g/mol. The fraction of sp³-hybridized carbons (Fsp3) is 0.520. The Labute approximate surface area is 171 Å². The minimum absolute atomic E-state index is 0.647. The van der Waals surface area contributed by atoms with Crippen molar-refractivity contribution in [1.82, 2.24) is 4.90 Å². The van der Waals surface area contributed by atoms with Crippen molar-refractivity contribution in [3.63, 3.8) is 0 Å². The van der Waals surface area contributed by atoms with Crippen molar-refractivity contribution < 1.29 is 9.84 Å². The van der Waals surface area contributed by atoms with E-state index in [9.17, 15) is 5.11 Å². The monoisotopic (exact) mass is 383 g/mol. The summed E-state index contributed by atoms with van der Waals surface area (Å²) in [6.45, 7) is 12.3. The molecule has 28 heavy (non-hydrogen) atoms. The van der Waals surface area contributed by atoms with E-state index in [1.807, 2.05) is 54.6 Å². The van der Waals surface area contributed by atoms with Gasteiger partial charge < -0.3 is 14.7 Å². The lowest BCUT2D eigenvalue weighted by molar-refractivity contribution is 0.0635. The zero-order chi connectivity index (χ0) is 20.6. The molecule has 3 nitrogen and oxygen atoms in total. The SMILES string of the molecule is COc1ccc(C(O)(CCCN(CC(C)C)CC(C)C)c2ccccc2)cc1. The summed E-state index contributed by atoms with van der Waals surface area (Å²) in [5.41, 5.74) is 0.868. The van der Waals surface area contributed by atoms with E-state index in [1.165, 1.54) is 0 Å². The zero-order valence-corrected chi connectivity index (χ0v) is 18.2. The molecule has 154 valence electrons. The van der Waals surface area contributed by atoms with E-state index in [0.29, 0.717) is 18.3 Å². The topological polar surface area (TPSA) is 32.7 Å². The first kappa shape index (κ1) is 22.4. The van der Waals surface area contributed by atoms with Crippen LogP contribution in [0, 0.1) is 11.8 Å². The summed E-state index contributed by atoms with van der Waals surface area (Å²) in [5.74, 6) is 2.10. The van der Waals surface area contributed by atoms with Crippen LogP contribution in [0.5, 0.6) is 5.75 Å². The molecule has 0 aliphatic rings. The van der Waals surface area contributed by atoms with Gasteiger partial charge in [-0.3, -0.25) is 0 Å². The van der Waals surface area contributed by atoms with Gasteiger partial charge in [0, 0.05) is 13.1 Å². The molecular formula is C25H37NO2. The number of aliphatic hydroxyl groups is 1. The van der Waals surface area contributed by atoms with Gasteiger partial charge in [0.15, 0.2) is 0 Å². The number of ether oxygens (including phenoxy) is 1. The van der Waals surface area contributed by atoms with Gasteiger partial charge in [-0.1, -0.05) is 70.2 Å². The van der Waals surface area contributed by atoms with Crippen molar-refractivity contribution in [3.8, 4) is 5.75 Å². The quantitative estimate of drug-likeness (QED) is 0.569. The molecule has 2 rings (SSSR count). The van der Waals surface area contributed by atoms with Gasteiger partial charge in [-0.2, -0.15) is 0 Å². The van der Waals surface area contributed by atoms with Gasteiger partial charge in [-0.15, -0.1) is 0 Å². The molecule has 3 heteroatoms. The van der Waals surface area contributed by atoms with Gasteiger partial charge in [-0.05, 0) is 54.5 Å². The Kier molecular flexibility index (Phi) is 8.53. The Balaban J connectivity index is 2.18. The zero-order valence-electron chi connectivity index (χ0n) is 18.2. The van der Waals surface area contributed by atoms with E-state index in [0.717, 1.165) is 42.9 Å². The highest BCUT2D eigenvalue weighted by Crippen LogP contribution is 2.35. The van der Waals surface area contributed by atoms with Crippen molar-refractivity contribution in [3.05, 3.63) is 65.7 Å². The number of hydrogen-bond donors (Lipinski definition) is 1. The van der Waals surface area contributed by atoms with E-state index in [-0.39, 0.29) is 0 Å². The highest BCUT2D eigenvalue weighted by molar-refractivity contribution is 5.38. The third-order valence-corrected chi connectivity index (χ3v) is 5.08. The standard InChI is InChI=1S/C25H37NO2/c1-20(2)18-26(19-21(3)4)17-9-16-25(27,22-10-7-6-8-11-22)23-12-14-24(28-5)15-13-23/h6-8,10-15,20-21,27H,9,16-19H2,1-5H3. The maximum atomic E-state index is 11.7. The van der Waals surface area contributed by atoms with Crippen molar-refractivity contribution in [1.29, 1.82) is 0 Å². The molecule has 2 aromatic carbocycles. The summed E-state index contributed by atoms with van der Waals surface area (Å²) < 4.78 is 5.29. The fourth-order valence-electron chi connectivity index (χ4n) is 3.88. The Morgan fingerprint density at radius 3 is 1.89 bits per heavy atom. The Morgan fingerprint density at radius 1 is 0.857 bits per heavy atom. The first-order valence-corrected chi connectivity index (χ1v) is 10.5. The molecule has 0 heterocycles. The molecule has 0 aliphatic carbocycles. The van der Waals surface area contributed by atoms with E-state index < -0.39 is 5.60 Å². The molecule has 0 aliphatic heterocycles. The van der Waals surface area contributed by atoms with E-state index in [1.54, 1.807) is 7.11 Å². The van der Waals surface area contributed by atoms with Gasteiger partial charge in [0.05, 0.1) is 7.11 Å². The molecule has 2 aromatic rings. The predicted molar refractivity (Wildman–Crippen MR) is 118 cm³/mol. The fourth-order valence-corrected chi connectivity index (χ4v) is 3.88. The molecule has 0 spiro atoms. The highest BCUT2D eigenvalue weighted by Gasteiger charge is 2.31. The minimum Gasteiger partial charge on any atom is -0.497 e. The summed E-state index contributed by atoms with van der Waals surface area (Å²) in [6, 6.07) is 17.8. The van der Waals surface area contributed by atoms with Crippen LogP contribution in [0.4, 0.5) is 0 Å². The van der Waals surface area contributed by atoms with Crippen LogP contribution in [0.15, 0.2) is 54.6 Å². The lowest BCUT2D eigenvalue weighted by Crippen LogP contribution is -2.34. The molecule has 1 N–H and O–H groups in total. The highest BCUT2D eigenvalue weighted by atomic mass is 16.5. The summed E-state index contributed by atoms with van der Waals surface area (Å²) in [4.78, 5) is 2.54. The average Bonchev–Trinajstić information content (AvgIpc) is 2.67. The van der Waals surface area contributed by atoms with Gasteiger partial charge in [0.1, 0.15) is 11.4 Å². The summed E-state index contributed by atoms with van der Waals surface area (Å²) in [5, 5.41) is 11.7. The van der Waals surface area contributed by atoms with Crippen molar-refractivity contribution in [2.45, 2.75) is 46.1 Å². The normalized spacial score (nSPS) is 13.9. The number of methoxy groups -OCH3 is 1. The average molecular weight is 384 g/mol. The lowest BCUT2D eigenvalue weighted by Gasteiger charge is -2.32. The van der Waals surface area contributed by atoms with Crippen LogP contribution < -0.4 is 4.74 Å². The third-order valence-electron chi connectivity index (χ3n) is 5.08. The predicted octanol–water partition coefficient (Wildman–Crippen LogP) is 5.33. The molecule has 0 amide bonds. The number of rotatable bonds is 11. The Morgan fingerprint density at radius 2 is 1.39 bits per heavy atom. The summed E-state index contributed by atoms with van der Waals surface area (Å²) in [6.07, 6.45) is 1.63. The van der Waals surface area contributed by atoms with Crippen LogP contribution in [-0.2, 0) is 5.60 Å². The van der Waals surface area contributed by atoms with Crippen LogP contribution >= 0.6 is 0 Å². The number of nitrogens with zero attached hydrogens (tertiary/aromatic N) is 1. The molecule has 0 aromatic heterocycles. The van der Waals surface area contributed by atoms with Crippen LogP contribution in [0.25, 0.3) is 0 Å². The van der Waals surface area contributed by atoms with Gasteiger partial charge in [0.2, 0.25) is 0 Å². The minimum atomic E-state index is -0.991.